The van der Waals surface area contributed by atoms with Crippen molar-refractivity contribution in [1.29, 1.82) is 0 Å². The Morgan fingerprint density at radius 1 is 1.59 bits per heavy atom. The fraction of sp³-hybridized carbons (Fsp3) is 0.444. The number of pyridine rings is 1. The Morgan fingerprint density at radius 2 is 2.18 bits per heavy atom. The van der Waals surface area contributed by atoms with E-state index in [0.717, 1.165) is 6.20 Å². The average Bonchev–Trinajstić information content (AvgIpc) is 2.20. The molecule has 1 aromatic heterocycles. The highest BCUT2D eigenvalue weighted by Gasteiger charge is 2.26. The third-order valence-electron chi connectivity index (χ3n) is 1.89. The molecule has 0 unspecified atom stereocenters. The van der Waals surface area contributed by atoms with Crippen LogP contribution in [0.2, 0.25) is 5.15 Å². The molecule has 2 N–H and O–H groups in total. The molecule has 0 saturated heterocycles. The van der Waals surface area contributed by atoms with E-state index in [4.69, 9.17) is 16.7 Å². The molecule has 0 radical (unpaired) electrons. The SMILES string of the molecule is CC(C)(CO)NS(=O)(=O)c1cnc(Cl)c(Br)c1. The van der Waals surface area contributed by atoms with E-state index in [1.54, 1.807) is 13.8 Å². The van der Waals surface area contributed by atoms with E-state index < -0.39 is 15.6 Å². The van der Waals surface area contributed by atoms with Gasteiger partial charge in [-0.2, -0.15) is 0 Å². The van der Waals surface area contributed by atoms with Crippen molar-refractivity contribution in [3.8, 4) is 0 Å². The molecule has 1 heterocycles. The van der Waals surface area contributed by atoms with E-state index in [2.05, 4.69) is 25.6 Å². The fourth-order valence-electron chi connectivity index (χ4n) is 1.01. The zero-order chi connectivity index (χ0) is 13.3. The van der Waals surface area contributed by atoms with Crippen molar-refractivity contribution in [1.82, 2.24) is 9.71 Å². The number of nitrogens with zero attached hydrogens (tertiary/aromatic N) is 1. The minimum Gasteiger partial charge on any atom is -0.394 e. The number of aliphatic hydroxyl groups is 1. The van der Waals surface area contributed by atoms with Crippen molar-refractivity contribution < 1.29 is 13.5 Å². The molecule has 96 valence electrons. The van der Waals surface area contributed by atoms with Crippen LogP contribution in [0.5, 0.6) is 0 Å². The Labute approximate surface area is 113 Å². The Morgan fingerprint density at radius 3 is 2.65 bits per heavy atom. The largest absolute Gasteiger partial charge is 0.394 e. The van der Waals surface area contributed by atoms with E-state index in [0.29, 0.717) is 4.47 Å². The number of nitrogens with one attached hydrogen (secondary N) is 1. The van der Waals surface area contributed by atoms with E-state index in [-0.39, 0.29) is 16.7 Å². The molecule has 0 spiro atoms. The van der Waals surface area contributed by atoms with Gasteiger partial charge in [-0.05, 0) is 35.8 Å². The average molecular weight is 344 g/mol. The number of hydrogen-bond donors (Lipinski definition) is 2. The number of rotatable bonds is 4. The lowest BCUT2D eigenvalue weighted by atomic mass is 10.1. The van der Waals surface area contributed by atoms with Gasteiger partial charge in [-0.1, -0.05) is 11.6 Å². The molecule has 0 bridgehead atoms. The van der Waals surface area contributed by atoms with Crippen molar-refractivity contribution >= 4 is 37.6 Å². The van der Waals surface area contributed by atoms with Crippen molar-refractivity contribution in [2.45, 2.75) is 24.3 Å². The zero-order valence-electron chi connectivity index (χ0n) is 9.24. The monoisotopic (exact) mass is 342 g/mol. The first-order valence-corrected chi connectivity index (χ1v) is 7.29. The number of sulfonamides is 1. The van der Waals surface area contributed by atoms with Crippen LogP contribution in [0.4, 0.5) is 0 Å². The Hall–Kier alpha value is -0.210. The number of aliphatic hydroxyl groups excluding tert-OH is 1. The van der Waals surface area contributed by atoms with Crippen LogP contribution in [0, 0.1) is 0 Å². The van der Waals surface area contributed by atoms with Gasteiger partial charge in [0.25, 0.3) is 0 Å². The van der Waals surface area contributed by atoms with Gasteiger partial charge in [0, 0.05) is 6.20 Å². The number of hydrogen-bond acceptors (Lipinski definition) is 4. The minimum absolute atomic E-state index is 0.0182. The van der Waals surface area contributed by atoms with Gasteiger partial charge in [-0.25, -0.2) is 18.1 Å². The van der Waals surface area contributed by atoms with E-state index in [9.17, 15) is 8.42 Å². The molecule has 0 amide bonds. The first-order chi connectivity index (χ1) is 7.68. The van der Waals surface area contributed by atoms with Gasteiger partial charge in [-0.3, -0.25) is 0 Å². The maximum absolute atomic E-state index is 11.9. The summed E-state index contributed by atoms with van der Waals surface area (Å²) in [6, 6.07) is 1.35. The molecular formula is C9H12BrClN2O3S. The summed E-state index contributed by atoms with van der Waals surface area (Å²) in [6.07, 6.45) is 1.16. The summed E-state index contributed by atoms with van der Waals surface area (Å²) in [5, 5.41) is 9.22. The summed E-state index contributed by atoms with van der Waals surface area (Å²) in [5.41, 5.74) is -0.940. The molecule has 0 aliphatic heterocycles. The summed E-state index contributed by atoms with van der Waals surface area (Å²) in [4.78, 5) is 3.72. The highest BCUT2D eigenvalue weighted by Crippen LogP contribution is 2.23. The van der Waals surface area contributed by atoms with Crippen LogP contribution >= 0.6 is 27.5 Å². The lowest BCUT2D eigenvalue weighted by Crippen LogP contribution is -2.46. The van der Waals surface area contributed by atoms with E-state index in [1.165, 1.54) is 6.07 Å². The van der Waals surface area contributed by atoms with Crippen LogP contribution in [-0.4, -0.2) is 30.7 Å². The molecule has 17 heavy (non-hydrogen) atoms. The second-order valence-electron chi connectivity index (χ2n) is 4.09. The standard InChI is InChI=1S/C9H12BrClN2O3S/c1-9(2,5-14)13-17(15,16)6-3-7(10)8(11)12-4-6/h3-4,13-14H,5H2,1-2H3. The smallest absolute Gasteiger partial charge is 0.242 e. The van der Waals surface area contributed by atoms with Gasteiger partial charge >= 0.3 is 0 Å². The maximum Gasteiger partial charge on any atom is 0.242 e. The summed E-state index contributed by atoms with van der Waals surface area (Å²) in [6.45, 7) is 2.83. The molecule has 0 aromatic carbocycles. The Bertz CT molecular complexity index is 519. The van der Waals surface area contributed by atoms with Gasteiger partial charge in [0.15, 0.2) is 0 Å². The molecule has 0 aliphatic rings. The highest BCUT2D eigenvalue weighted by molar-refractivity contribution is 9.10. The summed E-state index contributed by atoms with van der Waals surface area (Å²) in [7, 11) is -3.73. The first kappa shape index (κ1) is 14.8. The predicted octanol–water partition coefficient (Wildman–Crippen LogP) is 1.55. The van der Waals surface area contributed by atoms with Crippen LogP contribution in [0.15, 0.2) is 21.6 Å². The van der Waals surface area contributed by atoms with Gasteiger partial charge in [0.05, 0.1) is 16.6 Å². The van der Waals surface area contributed by atoms with Gasteiger partial charge in [0.2, 0.25) is 10.0 Å². The van der Waals surface area contributed by atoms with Crippen molar-refractivity contribution in [2.24, 2.45) is 0 Å². The molecule has 1 rings (SSSR count). The molecular weight excluding hydrogens is 332 g/mol. The van der Waals surface area contributed by atoms with Crippen molar-refractivity contribution in [3.05, 3.63) is 21.9 Å². The molecule has 0 saturated carbocycles. The van der Waals surface area contributed by atoms with E-state index >= 15 is 0 Å². The topological polar surface area (TPSA) is 79.3 Å². The second-order valence-corrected chi connectivity index (χ2v) is 6.99. The van der Waals surface area contributed by atoms with Crippen molar-refractivity contribution in [3.63, 3.8) is 0 Å². The van der Waals surface area contributed by atoms with E-state index in [1.807, 2.05) is 0 Å². The third kappa shape index (κ3) is 3.89. The molecule has 0 atom stereocenters. The number of aromatic nitrogens is 1. The van der Waals surface area contributed by atoms with Gasteiger partial charge < -0.3 is 5.11 Å². The second kappa shape index (κ2) is 5.19. The maximum atomic E-state index is 11.9. The van der Waals surface area contributed by atoms with Crippen LogP contribution in [-0.2, 0) is 10.0 Å². The predicted molar refractivity (Wildman–Crippen MR) is 68.4 cm³/mol. The number of halogens is 2. The van der Waals surface area contributed by atoms with Crippen LogP contribution in [0.3, 0.4) is 0 Å². The molecule has 1 aromatic rings. The summed E-state index contributed by atoms with van der Waals surface area (Å²) < 4.78 is 26.6. The molecule has 5 nitrogen and oxygen atoms in total. The summed E-state index contributed by atoms with van der Waals surface area (Å²) in [5.74, 6) is 0. The molecule has 0 fully saturated rings. The first-order valence-electron chi connectivity index (χ1n) is 4.64. The normalized spacial score (nSPS) is 12.8. The lowest BCUT2D eigenvalue weighted by molar-refractivity contribution is 0.208. The van der Waals surface area contributed by atoms with Crippen LogP contribution in [0.25, 0.3) is 0 Å². The quantitative estimate of drug-likeness (QED) is 0.813. The molecule has 0 aliphatic carbocycles. The Kier molecular flexibility index (Phi) is 4.54. The van der Waals surface area contributed by atoms with Gasteiger partial charge in [0.1, 0.15) is 10.0 Å². The van der Waals surface area contributed by atoms with Crippen LogP contribution < -0.4 is 4.72 Å². The summed E-state index contributed by atoms with van der Waals surface area (Å²) >= 11 is 8.78. The fourth-order valence-corrected chi connectivity index (χ4v) is 2.98. The lowest BCUT2D eigenvalue weighted by Gasteiger charge is -2.23. The van der Waals surface area contributed by atoms with Crippen molar-refractivity contribution in [2.75, 3.05) is 6.61 Å². The van der Waals surface area contributed by atoms with Gasteiger partial charge in [-0.15, -0.1) is 0 Å². The minimum atomic E-state index is -3.73. The zero-order valence-corrected chi connectivity index (χ0v) is 12.4. The molecule has 8 heteroatoms. The third-order valence-corrected chi connectivity index (χ3v) is 4.69. The highest BCUT2D eigenvalue weighted by atomic mass is 79.9. The van der Waals surface area contributed by atoms with Crippen LogP contribution in [0.1, 0.15) is 13.8 Å². The Balaban J connectivity index is 3.10.